The fraction of sp³-hybridized carbons (Fsp3) is 0.185. The largest absolute Gasteiger partial charge is 0.422 e. The second kappa shape index (κ2) is 11.6. The molecule has 0 atom stereocenters. The van der Waals surface area contributed by atoms with Crippen molar-refractivity contribution < 1.29 is 49.6 Å². The molecule has 1 saturated heterocycles. The highest BCUT2D eigenvalue weighted by atomic mass is 32.3. The van der Waals surface area contributed by atoms with Crippen molar-refractivity contribution in [1.29, 1.82) is 0 Å². The summed E-state index contributed by atoms with van der Waals surface area (Å²) < 4.78 is 70.6. The van der Waals surface area contributed by atoms with Gasteiger partial charge in [-0.05, 0) is 48.9 Å². The number of nitrogens with zero attached hydrogens (tertiary/aromatic N) is 2. The zero-order valence-electron chi connectivity index (χ0n) is 22.6. The molecule has 44 heavy (non-hydrogen) atoms. The van der Waals surface area contributed by atoms with Gasteiger partial charge in [-0.1, -0.05) is 12.1 Å². The van der Waals surface area contributed by atoms with Crippen LogP contribution in [0.15, 0.2) is 72.9 Å². The molecule has 2 amide bonds. The molecule has 5 rings (SSSR count). The third-order valence-electron chi connectivity index (χ3n) is 6.66. The monoisotopic (exact) mass is 662 g/mol. The summed E-state index contributed by atoms with van der Waals surface area (Å²) in [5, 5.41) is 0.834. The number of thiophene rings is 1. The summed E-state index contributed by atoms with van der Waals surface area (Å²) in [7, 11) is -9.80. The van der Waals surface area contributed by atoms with E-state index in [1.807, 2.05) is 11.8 Å². The fourth-order valence-corrected chi connectivity index (χ4v) is 7.39. The van der Waals surface area contributed by atoms with Gasteiger partial charge in [0.1, 0.15) is 14.7 Å². The molecule has 4 aromatic rings. The number of amides is 2. The summed E-state index contributed by atoms with van der Waals surface area (Å²) in [5.74, 6) is -2.01. The SMILES string of the molecule is CCN(Cc1ccc(C(=O)ON2C(=O)CCC2=O)cc1)c1ccc2cc(-c3sc(S(=O)(=O)O)cc3S(=O)(=O)O)c(=O)oc2c1. The Bertz CT molecular complexity index is 2080. The van der Waals surface area contributed by atoms with Gasteiger partial charge in [-0.25, -0.2) is 9.59 Å². The normalized spacial score (nSPS) is 13.9. The lowest BCUT2D eigenvalue weighted by molar-refractivity contribution is -0.172. The molecule has 2 aromatic carbocycles. The predicted octanol–water partition coefficient (Wildman–Crippen LogP) is 3.26. The maximum Gasteiger partial charge on any atom is 0.363 e. The summed E-state index contributed by atoms with van der Waals surface area (Å²) in [4.78, 5) is 54.3. The Labute approximate surface area is 253 Å². The number of hydrogen-bond acceptors (Lipinski definition) is 12. The lowest BCUT2D eigenvalue weighted by Crippen LogP contribution is -2.32. The predicted molar refractivity (Wildman–Crippen MR) is 155 cm³/mol. The van der Waals surface area contributed by atoms with Crippen LogP contribution in [-0.2, 0) is 41.2 Å². The van der Waals surface area contributed by atoms with Crippen molar-refractivity contribution in [2.45, 2.75) is 35.4 Å². The highest BCUT2D eigenvalue weighted by molar-refractivity contribution is 7.89. The molecule has 0 aliphatic carbocycles. The van der Waals surface area contributed by atoms with E-state index < -0.39 is 57.6 Å². The molecule has 0 spiro atoms. The van der Waals surface area contributed by atoms with Crippen LogP contribution in [0.2, 0.25) is 0 Å². The van der Waals surface area contributed by atoms with E-state index in [9.17, 15) is 45.1 Å². The lowest BCUT2D eigenvalue weighted by atomic mass is 10.1. The van der Waals surface area contributed by atoms with Gasteiger partial charge in [-0.3, -0.25) is 18.7 Å². The van der Waals surface area contributed by atoms with Gasteiger partial charge in [-0.15, -0.1) is 16.4 Å². The maximum absolute atomic E-state index is 12.9. The molecule has 0 unspecified atom stereocenters. The summed E-state index contributed by atoms with van der Waals surface area (Å²) in [6.45, 7) is 2.77. The lowest BCUT2D eigenvalue weighted by Gasteiger charge is -2.23. The molecule has 2 aromatic heterocycles. The molecular formula is C27H22N2O12S3. The quantitative estimate of drug-likeness (QED) is 0.150. The summed E-state index contributed by atoms with van der Waals surface area (Å²) >= 11 is 0.286. The van der Waals surface area contributed by atoms with E-state index in [0.29, 0.717) is 35.3 Å². The molecule has 1 aliphatic rings. The minimum absolute atomic E-state index is 0.0151. The Morgan fingerprint density at radius 1 is 0.955 bits per heavy atom. The average Bonchev–Trinajstić information content (AvgIpc) is 3.56. The number of carbonyl (C=O) groups excluding carboxylic acids is 3. The molecule has 17 heteroatoms. The Morgan fingerprint density at radius 3 is 2.20 bits per heavy atom. The smallest absolute Gasteiger partial charge is 0.363 e. The first kappa shape index (κ1) is 31.0. The fourth-order valence-electron chi connectivity index (χ4n) is 4.46. The van der Waals surface area contributed by atoms with Crippen molar-refractivity contribution in [1.82, 2.24) is 5.06 Å². The zero-order valence-corrected chi connectivity index (χ0v) is 25.1. The van der Waals surface area contributed by atoms with Crippen molar-refractivity contribution in [3.63, 3.8) is 0 Å². The minimum atomic E-state index is -4.97. The van der Waals surface area contributed by atoms with Gasteiger partial charge in [0, 0.05) is 43.1 Å². The molecule has 230 valence electrons. The first-order valence-corrected chi connectivity index (χ1v) is 16.4. The van der Waals surface area contributed by atoms with Crippen LogP contribution in [-0.4, -0.2) is 55.3 Å². The van der Waals surface area contributed by atoms with Crippen LogP contribution in [0, 0.1) is 0 Å². The van der Waals surface area contributed by atoms with E-state index in [-0.39, 0.29) is 40.9 Å². The van der Waals surface area contributed by atoms with Crippen molar-refractivity contribution in [3.05, 3.63) is 76.1 Å². The van der Waals surface area contributed by atoms with Gasteiger partial charge >= 0.3 is 21.7 Å². The minimum Gasteiger partial charge on any atom is -0.422 e. The van der Waals surface area contributed by atoms with E-state index in [4.69, 9.17) is 9.25 Å². The highest BCUT2D eigenvalue weighted by Crippen LogP contribution is 2.37. The first-order chi connectivity index (χ1) is 20.7. The van der Waals surface area contributed by atoms with Crippen LogP contribution in [0.4, 0.5) is 5.69 Å². The number of imide groups is 1. The van der Waals surface area contributed by atoms with Crippen LogP contribution < -0.4 is 10.5 Å². The molecule has 2 N–H and O–H groups in total. The van der Waals surface area contributed by atoms with E-state index >= 15 is 0 Å². The van der Waals surface area contributed by atoms with Gasteiger partial charge in [0.15, 0.2) is 0 Å². The number of carbonyl (C=O) groups is 3. The van der Waals surface area contributed by atoms with Gasteiger partial charge in [0.2, 0.25) is 0 Å². The number of benzene rings is 2. The summed E-state index contributed by atoms with van der Waals surface area (Å²) in [5.41, 5.74) is 0.374. The number of rotatable bonds is 9. The van der Waals surface area contributed by atoms with Crippen LogP contribution in [0.1, 0.15) is 35.7 Å². The standard InChI is InChI=1S/C27H22N2O12S3/c1-2-28(14-15-3-5-16(6-4-15)26(32)41-29-22(30)9-10-23(29)31)18-8-7-17-11-19(27(33)40-20(17)12-18)25-21(43(34,35)36)13-24(42-25)44(37,38)39/h3-8,11-13H,2,9-10,14H2,1H3,(H,34,35,36)(H,37,38,39). The molecule has 1 aliphatic heterocycles. The van der Waals surface area contributed by atoms with Crippen molar-refractivity contribution in [2.24, 2.45) is 0 Å². The molecule has 3 heterocycles. The Morgan fingerprint density at radius 2 is 1.61 bits per heavy atom. The van der Waals surface area contributed by atoms with E-state index in [1.165, 1.54) is 18.2 Å². The van der Waals surface area contributed by atoms with Gasteiger partial charge < -0.3 is 14.2 Å². The van der Waals surface area contributed by atoms with Gasteiger partial charge in [0.25, 0.3) is 21.9 Å². The average molecular weight is 663 g/mol. The van der Waals surface area contributed by atoms with Gasteiger partial charge in [0.05, 0.1) is 16.0 Å². The second-order valence-corrected chi connectivity index (χ2v) is 13.6. The van der Waals surface area contributed by atoms with Crippen LogP contribution in [0.5, 0.6) is 0 Å². The third-order valence-corrected chi connectivity index (χ3v) is 10.1. The topological polar surface area (TPSA) is 206 Å². The number of hydrogen-bond donors (Lipinski definition) is 2. The van der Waals surface area contributed by atoms with E-state index in [1.54, 1.807) is 30.3 Å². The second-order valence-electron chi connectivity index (χ2n) is 9.55. The van der Waals surface area contributed by atoms with E-state index in [0.717, 1.165) is 5.56 Å². The van der Waals surface area contributed by atoms with Crippen LogP contribution in [0.3, 0.4) is 0 Å². The molecular weight excluding hydrogens is 641 g/mol. The summed E-state index contributed by atoms with van der Waals surface area (Å²) in [6, 6.07) is 13.1. The molecule has 0 bridgehead atoms. The highest BCUT2D eigenvalue weighted by Gasteiger charge is 2.33. The Hall–Kier alpha value is -4.42. The number of hydroxylamine groups is 2. The zero-order chi connectivity index (χ0) is 32.0. The molecule has 14 nitrogen and oxygen atoms in total. The van der Waals surface area contributed by atoms with Crippen LogP contribution >= 0.6 is 11.3 Å². The van der Waals surface area contributed by atoms with Crippen molar-refractivity contribution >= 4 is 66.0 Å². The third kappa shape index (κ3) is 6.27. The number of fused-ring (bicyclic) bond motifs is 1. The first-order valence-electron chi connectivity index (χ1n) is 12.7. The maximum atomic E-state index is 12.9. The van der Waals surface area contributed by atoms with Crippen molar-refractivity contribution in [2.75, 3.05) is 11.4 Å². The molecule has 0 saturated carbocycles. The van der Waals surface area contributed by atoms with Crippen molar-refractivity contribution in [3.8, 4) is 10.4 Å². The Balaban J connectivity index is 1.39. The molecule has 1 fully saturated rings. The Kier molecular flexibility index (Phi) is 8.17. The van der Waals surface area contributed by atoms with Crippen LogP contribution in [0.25, 0.3) is 21.4 Å². The summed E-state index contributed by atoms with van der Waals surface area (Å²) in [6.07, 6.45) is -0.0303. The number of anilines is 1. The molecule has 0 radical (unpaired) electrons. The van der Waals surface area contributed by atoms with E-state index in [2.05, 4.69) is 0 Å². The van der Waals surface area contributed by atoms with Gasteiger partial charge in [-0.2, -0.15) is 16.8 Å².